The summed E-state index contributed by atoms with van der Waals surface area (Å²) in [4.78, 5) is 12.0. The Morgan fingerprint density at radius 3 is 2.67 bits per heavy atom. The Kier molecular flexibility index (Phi) is 5.69. The first-order valence-corrected chi connectivity index (χ1v) is 7.84. The molecule has 0 spiro atoms. The summed E-state index contributed by atoms with van der Waals surface area (Å²) in [6.45, 7) is 2.11. The van der Waals surface area contributed by atoms with Crippen molar-refractivity contribution in [3.8, 4) is 5.75 Å². The zero-order valence-electron chi connectivity index (χ0n) is 12.2. The van der Waals surface area contributed by atoms with Crippen molar-refractivity contribution >= 4 is 23.4 Å². The second-order valence-corrected chi connectivity index (χ2v) is 5.97. The molecular formula is C17H19NO2S. The number of methoxy groups -OCH3 is 1. The van der Waals surface area contributed by atoms with Gasteiger partial charge in [-0.15, -0.1) is 11.8 Å². The van der Waals surface area contributed by atoms with Crippen LogP contribution >= 0.6 is 11.8 Å². The molecule has 0 aliphatic carbocycles. The van der Waals surface area contributed by atoms with Crippen molar-refractivity contribution in [2.75, 3.05) is 18.2 Å². The molecule has 2 aromatic rings. The van der Waals surface area contributed by atoms with Crippen LogP contribution in [0.2, 0.25) is 0 Å². The third-order valence-corrected chi connectivity index (χ3v) is 4.29. The molecule has 3 nitrogen and oxygen atoms in total. The highest BCUT2D eigenvalue weighted by Gasteiger charge is 2.09. The lowest BCUT2D eigenvalue weighted by atomic mass is 10.2. The predicted octanol–water partition coefficient (Wildman–Crippen LogP) is 4.13. The van der Waals surface area contributed by atoms with Crippen molar-refractivity contribution in [3.63, 3.8) is 0 Å². The Balaban J connectivity index is 1.84. The van der Waals surface area contributed by atoms with Gasteiger partial charge in [0.25, 0.3) is 0 Å². The number of hydrogen-bond donors (Lipinski definition) is 1. The number of hydrogen-bond acceptors (Lipinski definition) is 3. The fraction of sp³-hybridized carbons (Fsp3) is 0.235. The number of ether oxygens (including phenoxy) is 1. The molecule has 0 radical (unpaired) electrons. The van der Waals surface area contributed by atoms with Crippen LogP contribution in [0.3, 0.4) is 0 Å². The van der Waals surface area contributed by atoms with Crippen molar-refractivity contribution in [2.45, 2.75) is 12.2 Å². The van der Waals surface area contributed by atoms with Crippen LogP contribution in [0.25, 0.3) is 0 Å². The third-order valence-electron chi connectivity index (χ3n) is 3.09. The Morgan fingerprint density at radius 2 is 1.95 bits per heavy atom. The van der Waals surface area contributed by atoms with Gasteiger partial charge in [-0.2, -0.15) is 0 Å². The van der Waals surface area contributed by atoms with E-state index < -0.39 is 0 Å². The average molecular weight is 301 g/mol. The number of rotatable bonds is 6. The van der Waals surface area contributed by atoms with Crippen LogP contribution in [0.15, 0.2) is 54.6 Å². The van der Waals surface area contributed by atoms with E-state index >= 15 is 0 Å². The second-order valence-electron chi connectivity index (χ2n) is 4.64. The van der Waals surface area contributed by atoms with Gasteiger partial charge < -0.3 is 10.1 Å². The summed E-state index contributed by atoms with van der Waals surface area (Å²) >= 11 is 1.62. The molecule has 21 heavy (non-hydrogen) atoms. The molecule has 1 amide bonds. The van der Waals surface area contributed by atoms with Gasteiger partial charge in [0.1, 0.15) is 5.75 Å². The predicted molar refractivity (Wildman–Crippen MR) is 88.9 cm³/mol. The molecule has 110 valence electrons. The average Bonchev–Trinajstić information content (AvgIpc) is 2.53. The van der Waals surface area contributed by atoms with Gasteiger partial charge in [0.05, 0.1) is 12.9 Å². The highest BCUT2D eigenvalue weighted by Crippen LogP contribution is 2.27. The lowest BCUT2D eigenvalue weighted by Gasteiger charge is -2.12. The number of nitrogens with one attached hydrogen (secondary N) is 1. The molecule has 0 bridgehead atoms. The summed E-state index contributed by atoms with van der Waals surface area (Å²) in [7, 11) is 1.61. The van der Waals surface area contributed by atoms with Gasteiger partial charge in [-0.3, -0.25) is 4.79 Å². The topological polar surface area (TPSA) is 38.3 Å². The zero-order valence-corrected chi connectivity index (χ0v) is 13.0. The number of carbonyl (C=O) groups is 1. The van der Waals surface area contributed by atoms with Gasteiger partial charge in [-0.05, 0) is 24.6 Å². The van der Waals surface area contributed by atoms with Crippen molar-refractivity contribution in [2.24, 2.45) is 0 Å². The number of carbonyl (C=O) groups excluding carboxylic acids is 1. The Hall–Kier alpha value is -1.94. The van der Waals surface area contributed by atoms with E-state index in [1.807, 2.05) is 42.5 Å². The highest BCUT2D eigenvalue weighted by molar-refractivity contribution is 8.00. The smallest absolute Gasteiger partial charge is 0.234 e. The van der Waals surface area contributed by atoms with Crippen LogP contribution < -0.4 is 10.1 Å². The van der Waals surface area contributed by atoms with Gasteiger partial charge in [-0.25, -0.2) is 0 Å². The van der Waals surface area contributed by atoms with E-state index in [-0.39, 0.29) is 5.91 Å². The number of amides is 1. The van der Waals surface area contributed by atoms with E-state index in [0.29, 0.717) is 11.0 Å². The van der Waals surface area contributed by atoms with Crippen molar-refractivity contribution in [1.29, 1.82) is 0 Å². The molecule has 2 rings (SSSR count). The van der Waals surface area contributed by atoms with Crippen LogP contribution in [0.5, 0.6) is 5.75 Å². The fourth-order valence-electron chi connectivity index (χ4n) is 1.92. The minimum atomic E-state index is -0.00367. The summed E-state index contributed by atoms with van der Waals surface area (Å²) in [5, 5.41) is 3.18. The number of thioether (sulfide) groups is 1. The fourth-order valence-corrected chi connectivity index (χ4v) is 2.74. The van der Waals surface area contributed by atoms with E-state index in [1.54, 1.807) is 18.9 Å². The summed E-state index contributed by atoms with van der Waals surface area (Å²) in [6, 6.07) is 17.6. The molecular weight excluding hydrogens is 282 g/mol. The van der Waals surface area contributed by atoms with Gasteiger partial charge in [0.15, 0.2) is 0 Å². The molecule has 2 aromatic carbocycles. The maximum Gasteiger partial charge on any atom is 0.234 e. The highest BCUT2D eigenvalue weighted by atomic mass is 32.2. The molecule has 0 unspecified atom stereocenters. The third kappa shape index (κ3) is 4.83. The van der Waals surface area contributed by atoms with E-state index in [4.69, 9.17) is 4.74 Å². The first-order chi connectivity index (χ1) is 10.2. The lowest BCUT2D eigenvalue weighted by molar-refractivity contribution is -0.113. The van der Waals surface area contributed by atoms with Gasteiger partial charge >= 0.3 is 0 Å². The Bertz CT molecular complexity index is 586. The van der Waals surface area contributed by atoms with Crippen molar-refractivity contribution in [1.82, 2.24) is 0 Å². The Morgan fingerprint density at radius 1 is 1.19 bits per heavy atom. The summed E-state index contributed by atoms with van der Waals surface area (Å²) in [6.07, 6.45) is 0. The maximum absolute atomic E-state index is 12.0. The molecule has 0 aliphatic heterocycles. The van der Waals surface area contributed by atoms with E-state index in [0.717, 1.165) is 11.4 Å². The van der Waals surface area contributed by atoms with Crippen LogP contribution in [0.1, 0.15) is 17.7 Å². The molecule has 0 fully saturated rings. The minimum Gasteiger partial charge on any atom is -0.497 e. The molecule has 1 atom stereocenters. The van der Waals surface area contributed by atoms with Crippen LogP contribution in [0.4, 0.5) is 5.69 Å². The lowest BCUT2D eigenvalue weighted by Crippen LogP contribution is -2.14. The summed E-state index contributed by atoms with van der Waals surface area (Å²) in [5.74, 6) is 1.15. The standard InChI is InChI=1S/C17H19NO2S/c1-13(14-7-4-3-5-8-14)21-12-17(19)18-15-9-6-10-16(11-15)20-2/h3-11,13H,12H2,1-2H3,(H,18,19)/t13-/m0/s1. The monoisotopic (exact) mass is 301 g/mol. The van der Waals surface area contributed by atoms with Gasteiger partial charge in [-0.1, -0.05) is 36.4 Å². The van der Waals surface area contributed by atoms with Gasteiger partial charge in [0, 0.05) is 17.0 Å². The summed E-state index contributed by atoms with van der Waals surface area (Å²) in [5.41, 5.74) is 1.99. The maximum atomic E-state index is 12.0. The minimum absolute atomic E-state index is 0.00367. The van der Waals surface area contributed by atoms with Gasteiger partial charge in [0.2, 0.25) is 5.91 Å². The largest absolute Gasteiger partial charge is 0.497 e. The van der Waals surface area contributed by atoms with E-state index in [9.17, 15) is 4.79 Å². The SMILES string of the molecule is COc1cccc(NC(=O)CS[C@@H](C)c2ccccc2)c1. The van der Waals surface area contributed by atoms with Crippen molar-refractivity contribution < 1.29 is 9.53 Å². The number of benzene rings is 2. The molecule has 0 heterocycles. The second kappa shape index (κ2) is 7.74. The first-order valence-electron chi connectivity index (χ1n) is 6.79. The normalized spacial score (nSPS) is 11.7. The Labute approximate surface area is 129 Å². The van der Waals surface area contributed by atoms with E-state index in [1.165, 1.54) is 5.56 Å². The molecule has 0 saturated carbocycles. The van der Waals surface area contributed by atoms with Crippen LogP contribution in [-0.2, 0) is 4.79 Å². The molecule has 0 aliphatic rings. The van der Waals surface area contributed by atoms with Crippen LogP contribution in [0, 0.1) is 0 Å². The van der Waals surface area contributed by atoms with E-state index in [2.05, 4.69) is 24.4 Å². The zero-order chi connectivity index (χ0) is 15.1. The first kappa shape index (κ1) is 15.4. The molecule has 0 aromatic heterocycles. The molecule has 0 saturated heterocycles. The summed E-state index contributed by atoms with van der Waals surface area (Å²) < 4.78 is 5.14. The van der Waals surface area contributed by atoms with Crippen LogP contribution in [-0.4, -0.2) is 18.8 Å². The molecule has 1 N–H and O–H groups in total. The van der Waals surface area contributed by atoms with Crippen molar-refractivity contribution in [3.05, 3.63) is 60.2 Å². The molecule has 4 heteroatoms. The quantitative estimate of drug-likeness (QED) is 0.872. The number of anilines is 1.